The number of benzene rings is 1. The highest BCUT2D eigenvalue weighted by Crippen LogP contribution is 2.30. The minimum absolute atomic E-state index is 0.0541. The monoisotopic (exact) mass is 254 g/mol. The Morgan fingerprint density at radius 2 is 2.16 bits per heavy atom. The minimum atomic E-state index is -0.397. The molecule has 19 heavy (non-hydrogen) atoms. The van der Waals surface area contributed by atoms with Gasteiger partial charge in [-0.1, -0.05) is 0 Å². The Kier molecular flexibility index (Phi) is 2.49. The second kappa shape index (κ2) is 4.16. The summed E-state index contributed by atoms with van der Waals surface area (Å²) in [6.45, 7) is 1.85. The molecule has 6 nitrogen and oxygen atoms in total. The van der Waals surface area contributed by atoms with Gasteiger partial charge in [0.2, 0.25) is 0 Å². The van der Waals surface area contributed by atoms with Crippen molar-refractivity contribution in [1.82, 2.24) is 14.8 Å². The van der Waals surface area contributed by atoms with Gasteiger partial charge in [0.05, 0.1) is 16.0 Å². The number of nitrogens with zero attached hydrogens (tertiary/aromatic N) is 4. The largest absolute Gasteiger partial charge is 0.278 e. The molecule has 0 N–H and O–H groups in total. The molecule has 0 spiro atoms. The zero-order chi connectivity index (χ0) is 13.4. The number of non-ortho nitro benzene ring substituents is 1. The maximum absolute atomic E-state index is 11.1. The van der Waals surface area contributed by atoms with E-state index < -0.39 is 4.92 Å². The number of hydrogen-bond acceptors (Lipinski definition) is 4. The van der Waals surface area contributed by atoms with E-state index in [-0.39, 0.29) is 5.69 Å². The number of rotatable bonds is 2. The Bertz CT molecular complexity index is 766. The van der Waals surface area contributed by atoms with Gasteiger partial charge in [-0.25, -0.2) is 4.68 Å². The molecule has 0 aliphatic carbocycles. The van der Waals surface area contributed by atoms with E-state index in [4.69, 9.17) is 0 Å². The average molecular weight is 254 g/mol. The van der Waals surface area contributed by atoms with E-state index in [0.29, 0.717) is 5.39 Å². The number of nitro benzene ring substituents is 1. The van der Waals surface area contributed by atoms with Gasteiger partial charge in [-0.2, -0.15) is 5.10 Å². The first-order chi connectivity index (χ1) is 9.16. The van der Waals surface area contributed by atoms with Crippen LogP contribution in [0.2, 0.25) is 0 Å². The zero-order valence-electron chi connectivity index (χ0n) is 10.1. The predicted octanol–water partition coefficient (Wildman–Crippen LogP) is 2.64. The molecule has 0 saturated heterocycles. The molecular formula is C13H10N4O2. The van der Waals surface area contributed by atoms with Gasteiger partial charge in [-0.3, -0.25) is 15.1 Å². The van der Waals surface area contributed by atoms with E-state index in [9.17, 15) is 10.1 Å². The average Bonchev–Trinajstić information content (AvgIpc) is 2.90. The molecule has 0 atom stereocenters. The third-order valence-electron chi connectivity index (χ3n) is 2.94. The fraction of sp³-hybridized carbons (Fsp3) is 0.0769. The Hall–Kier alpha value is -2.76. The van der Waals surface area contributed by atoms with Crippen LogP contribution in [0.15, 0.2) is 42.9 Å². The lowest BCUT2D eigenvalue weighted by Gasteiger charge is -2.07. The minimum Gasteiger partial charge on any atom is -0.261 e. The van der Waals surface area contributed by atoms with Crippen LogP contribution in [0.4, 0.5) is 5.69 Å². The molecule has 0 fully saturated rings. The second-order valence-corrected chi connectivity index (χ2v) is 4.18. The quantitative estimate of drug-likeness (QED) is 0.520. The summed E-state index contributed by atoms with van der Waals surface area (Å²) in [6.07, 6.45) is 5.01. The lowest BCUT2D eigenvalue weighted by molar-refractivity contribution is -0.383. The van der Waals surface area contributed by atoms with Crippen molar-refractivity contribution in [3.05, 3.63) is 58.7 Å². The summed E-state index contributed by atoms with van der Waals surface area (Å²) in [5, 5.41) is 16.5. The van der Waals surface area contributed by atoms with Crippen LogP contribution < -0.4 is 0 Å². The SMILES string of the molecule is Cc1cc2c(-n3cccn3)ccc([N+](=O)[O-])c2cn1. The predicted molar refractivity (Wildman–Crippen MR) is 70.3 cm³/mol. The van der Waals surface area contributed by atoms with Crippen LogP contribution in [0.5, 0.6) is 0 Å². The van der Waals surface area contributed by atoms with Crippen molar-refractivity contribution in [2.45, 2.75) is 6.92 Å². The third kappa shape index (κ3) is 1.83. The van der Waals surface area contributed by atoms with Crippen LogP contribution in [0.3, 0.4) is 0 Å². The van der Waals surface area contributed by atoms with Gasteiger partial charge in [-0.05, 0) is 25.1 Å². The molecule has 3 rings (SSSR count). The van der Waals surface area contributed by atoms with E-state index in [2.05, 4.69) is 10.1 Å². The Labute approximate surface area is 108 Å². The van der Waals surface area contributed by atoms with E-state index in [1.165, 1.54) is 12.3 Å². The summed E-state index contributed by atoms with van der Waals surface area (Å²) in [6, 6.07) is 6.82. The van der Waals surface area contributed by atoms with Crippen LogP contribution in [0.25, 0.3) is 16.5 Å². The first-order valence-corrected chi connectivity index (χ1v) is 5.70. The van der Waals surface area contributed by atoms with Crippen LogP contribution in [0.1, 0.15) is 5.69 Å². The first kappa shape index (κ1) is 11.3. The van der Waals surface area contributed by atoms with Crippen molar-refractivity contribution in [3.63, 3.8) is 0 Å². The number of pyridine rings is 1. The second-order valence-electron chi connectivity index (χ2n) is 4.18. The van der Waals surface area contributed by atoms with Gasteiger partial charge in [0.1, 0.15) is 0 Å². The molecule has 94 valence electrons. The van der Waals surface area contributed by atoms with E-state index in [1.807, 2.05) is 13.0 Å². The third-order valence-corrected chi connectivity index (χ3v) is 2.94. The van der Waals surface area contributed by atoms with Crippen molar-refractivity contribution in [3.8, 4) is 5.69 Å². The van der Waals surface area contributed by atoms with Crippen LogP contribution in [-0.4, -0.2) is 19.7 Å². The molecule has 3 aromatic rings. The highest BCUT2D eigenvalue weighted by atomic mass is 16.6. The highest BCUT2D eigenvalue weighted by molar-refractivity contribution is 5.96. The van der Waals surface area contributed by atoms with E-state index >= 15 is 0 Å². The van der Waals surface area contributed by atoms with Crippen LogP contribution in [-0.2, 0) is 0 Å². The number of aryl methyl sites for hydroxylation is 1. The van der Waals surface area contributed by atoms with Crippen molar-refractivity contribution in [2.24, 2.45) is 0 Å². The molecule has 1 aromatic carbocycles. The number of fused-ring (bicyclic) bond motifs is 1. The molecule has 0 amide bonds. The summed E-state index contributed by atoms with van der Waals surface area (Å²) in [7, 11) is 0. The topological polar surface area (TPSA) is 73.8 Å². The van der Waals surface area contributed by atoms with E-state index in [0.717, 1.165) is 16.8 Å². The Morgan fingerprint density at radius 1 is 1.32 bits per heavy atom. The van der Waals surface area contributed by atoms with E-state index in [1.54, 1.807) is 29.2 Å². The summed E-state index contributed by atoms with van der Waals surface area (Å²) >= 11 is 0. The molecule has 0 aliphatic heterocycles. The molecule has 2 heterocycles. The fourth-order valence-electron chi connectivity index (χ4n) is 2.08. The summed E-state index contributed by atoms with van der Waals surface area (Å²) in [5.41, 5.74) is 1.66. The zero-order valence-corrected chi connectivity index (χ0v) is 10.1. The normalized spacial score (nSPS) is 10.8. The first-order valence-electron chi connectivity index (χ1n) is 5.70. The number of hydrogen-bond donors (Lipinski definition) is 0. The molecule has 0 radical (unpaired) electrons. The van der Waals surface area contributed by atoms with Gasteiger partial charge >= 0.3 is 0 Å². The lowest BCUT2D eigenvalue weighted by Crippen LogP contribution is -1.99. The smallest absolute Gasteiger partial charge is 0.261 e. The maximum atomic E-state index is 11.1. The molecule has 6 heteroatoms. The Balaban J connectivity index is 2.39. The van der Waals surface area contributed by atoms with Crippen molar-refractivity contribution < 1.29 is 4.92 Å². The number of nitro groups is 1. The maximum Gasteiger partial charge on any atom is 0.278 e. The van der Waals surface area contributed by atoms with Gasteiger partial charge in [-0.15, -0.1) is 0 Å². The van der Waals surface area contributed by atoms with Gasteiger partial charge in [0.25, 0.3) is 5.69 Å². The molecule has 0 bridgehead atoms. The summed E-state index contributed by atoms with van der Waals surface area (Å²) in [4.78, 5) is 14.8. The van der Waals surface area contributed by atoms with Crippen molar-refractivity contribution in [1.29, 1.82) is 0 Å². The number of aromatic nitrogens is 3. The lowest BCUT2D eigenvalue weighted by atomic mass is 10.1. The molecular weight excluding hydrogens is 244 g/mol. The fourth-order valence-corrected chi connectivity index (χ4v) is 2.08. The van der Waals surface area contributed by atoms with Gasteiger partial charge in [0.15, 0.2) is 0 Å². The van der Waals surface area contributed by atoms with Gasteiger partial charge in [0, 0.05) is 35.7 Å². The van der Waals surface area contributed by atoms with Crippen molar-refractivity contribution >= 4 is 16.5 Å². The molecule has 0 unspecified atom stereocenters. The van der Waals surface area contributed by atoms with Crippen LogP contribution in [0, 0.1) is 17.0 Å². The summed E-state index contributed by atoms with van der Waals surface area (Å²) in [5.74, 6) is 0. The summed E-state index contributed by atoms with van der Waals surface area (Å²) < 4.78 is 1.69. The molecule has 0 saturated carbocycles. The highest BCUT2D eigenvalue weighted by Gasteiger charge is 2.15. The molecule has 0 aliphatic rings. The van der Waals surface area contributed by atoms with Crippen LogP contribution >= 0.6 is 0 Å². The van der Waals surface area contributed by atoms with Crippen molar-refractivity contribution in [2.75, 3.05) is 0 Å². The van der Waals surface area contributed by atoms with Gasteiger partial charge < -0.3 is 0 Å². The Morgan fingerprint density at radius 3 is 2.84 bits per heavy atom. The standard InChI is InChI=1S/C13H10N4O2/c1-9-7-10-11(8-14-9)13(17(18)19)4-3-12(10)16-6-2-5-15-16/h2-8H,1H3. The molecule has 2 aromatic heterocycles.